The number of nitrogen functional groups attached to an aromatic ring is 1. The van der Waals surface area contributed by atoms with E-state index in [2.05, 4.69) is 15.9 Å². The molecule has 0 spiro atoms. The molecule has 0 amide bonds. The third-order valence-electron chi connectivity index (χ3n) is 1.71. The van der Waals surface area contributed by atoms with Gasteiger partial charge in [0.05, 0.1) is 4.92 Å². The van der Waals surface area contributed by atoms with Crippen molar-refractivity contribution in [2.45, 2.75) is 6.92 Å². The highest BCUT2D eigenvalue weighted by molar-refractivity contribution is 9.10. The zero-order chi connectivity index (χ0) is 10.9. The van der Waals surface area contributed by atoms with E-state index in [0.717, 1.165) is 0 Å². The lowest BCUT2D eigenvalue weighted by Crippen LogP contribution is -2.01. The van der Waals surface area contributed by atoms with Gasteiger partial charge in [-0.25, -0.2) is 0 Å². The number of anilines is 1. The van der Waals surface area contributed by atoms with Crippen molar-refractivity contribution in [3.05, 3.63) is 32.3 Å². The van der Waals surface area contributed by atoms with Crippen molar-refractivity contribution in [2.75, 3.05) is 5.73 Å². The van der Waals surface area contributed by atoms with Crippen LogP contribution in [0.4, 0.5) is 11.4 Å². The van der Waals surface area contributed by atoms with Crippen molar-refractivity contribution in [1.29, 1.82) is 0 Å². The molecule has 1 aromatic carbocycles. The van der Waals surface area contributed by atoms with Gasteiger partial charge < -0.3 is 5.73 Å². The van der Waals surface area contributed by atoms with E-state index in [9.17, 15) is 14.9 Å². The molecule has 1 aromatic rings. The molecule has 0 fully saturated rings. The van der Waals surface area contributed by atoms with Gasteiger partial charge in [-0.2, -0.15) is 0 Å². The summed E-state index contributed by atoms with van der Waals surface area (Å²) in [5.41, 5.74) is 5.43. The molecule has 0 aromatic heterocycles. The normalized spacial score (nSPS) is 9.86. The van der Waals surface area contributed by atoms with Crippen LogP contribution in [0.15, 0.2) is 16.6 Å². The van der Waals surface area contributed by atoms with Gasteiger partial charge in [0.2, 0.25) is 0 Å². The van der Waals surface area contributed by atoms with Crippen LogP contribution < -0.4 is 5.73 Å². The molecule has 6 heteroatoms. The minimum absolute atomic E-state index is 0.0341. The Kier molecular flexibility index (Phi) is 2.85. The number of carbonyl (C=O) groups is 1. The van der Waals surface area contributed by atoms with Gasteiger partial charge in [-0.3, -0.25) is 14.9 Å². The summed E-state index contributed by atoms with van der Waals surface area (Å²) in [6.07, 6.45) is 0. The van der Waals surface area contributed by atoms with E-state index in [1.807, 2.05) is 0 Å². The number of halogens is 1. The average Bonchev–Trinajstić information content (AvgIpc) is 2.02. The highest BCUT2D eigenvalue weighted by atomic mass is 79.9. The first-order valence-corrected chi connectivity index (χ1v) is 4.47. The van der Waals surface area contributed by atoms with Crippen molar-refractivity contribution in [2.24, 2.45) is 0 Å². The summed E-state index contributed by atoms with van der Waals surface area (Å²) < 4.78 is 0.134. The molecule has 0 atom stereocenters. The van der Waals surface area contributed by atoms with E-state index in [4.69, 9.17) is 5.73 Å². The van der Waals surface area contributed by atoms with Gasteiger partial charge in [-0.1, -0.05) is 0 Å². The maximum Gasteiger partial charge on any atom is 0.306 e. The van der Waals surface area contributed by atoms with E-state index >= 15 is 0 Å². The molecule has 74 valence electrons. The molecule has 2 N–H and O–H groups in total. The SMILES string of the molecule is CC(=O)c1ccc(N)c([N+](=O)[O-])c1Br. The molecule has 0 unspecified atom stereocenters. The molecular weight excluding hydrogens is 252 g/mol. The summed E-state index contributed by atoms with van der Waals surface area (Å²) in [6, 6.07) is 2.80. The highest BCUT2D eigenvalue weighted by Gasteiger charge is 2.21. The quantitative estimate of drug-likeness (QED) is 0.381. The predicted molar refractivity (Wildman–Crippen MR) is 55.2 cm³/mol. The van der Waals surface area contributed by atoms with Gasteiger partial charge in [0.1, 0.15) is 10.2 Å². The van der Waals surface area contributed by atoms with Crippen LogP contribution in [0.25, 0.3) is 0 Å². The molecule has 5 nitrogen and oxygen atoms in total. The largest absolute Gasteiger partial charge is 0.393 e. The number of hydrogen-bond donors (Lipinski definition) is 1. The van der Waals surface area contributed by atoms with Crippen LogP contribution >= 0.6 is 15.9 Å². The Bertz CT molecular complexity index is 417. The molecule has 0 bridgehead atoms. The maximum atomic E-state index is 11.1. The Labute approximate surface area is 88.2 Å². The Hall–Kier alpha value is -1.43. The number of nitro groups is 1. The Morgan fingerprint density at radius 2 is 2.14 bits per heavy atom. The molecule has 0 aliphatic rings. The second kappa shape index (κ2) is 3.75. The molecule has 0 aliphatic carbocycles. The van der Waals surface area contributed by atoms with E-state index in [1.165, 1.54) is 19.1 Å². The number of benzene rings is 1. The molecule has 0 saturated heterocycles. The van der Waals surface area contributed by atoms with Gasteiger partial charge in [0.25, 0.3) is 0 Å². The average molecular weight is 259 g/mol. The Morgan fingerprint density at radius 3 is 2.57 bits per heavy atom. The van der Waals surface area contributed by atoms with Crippen molar-refractivity contribution >= 4 is 33.1 Å². The van der Waals surface area contributed by atoms with E-state index in [-0.39, 0.29) is 27.2 Å². The first-order valence-electron chi connectivity index (χ1n) is 3.68. The summed E-state index contributed by atoms with van der Waals surface area (Å²) in [5, 5.41) is 10.6. The topological polar surface area (TPSA) is 86.2 Å². The fraction of sp³-hybridized carbons (Fsp3) is 0.125. The van der Waals surface area contributed by atoms with E-state index in [0.29, 0.717) is 0 Å². The Morgan fingerprint density at radius 1 is 1.57 bits per heavy atom. The zero-order valence-electron chi connectivity index (χ0n) is 7.28. The first-order chi connectivity index (χ1) is 6.45. The molecule has 0 aliphatic heterocycles. The first kappa shape index (κ1) is 10.6. The number of rotatable bonds is 2. The lowest BCUT2D eigenvalue weighted by atomic mass is 10.1. The minimum atomic E-state index is -0.619. The lowest BCUT2D eigenvalue weighted by Gasteiger charge is -2.03. The molecule has 0 heterocycles. The number of carbonyl (C=O) groups excluding carboxylic acids is 1. The predicted octanol–water partition coefficient (Wildman–Crippen LogP) is 2.14. The number of nitrogens with two attached hydrogens (primary N) is 1. The van der Waals surface area contributed by atoms with Gasteiger partial charge >= 0.3 is 5.69 Å². The lowest BCUT2D eigenvalue weighted by molar-refractivity contribution is -0.384. The van der Waals surface area contributed by atoms with Gasteiger partial charge in [-0.15, -0.1) is 0 Å². The van der Waals surface area contributed by atoms with Gasteiger partial charge in [0, 0.05) is 5.56 Å². The number of hydrogen-bond acceptors (Lipinski definition) is 4. The van der Waals surface area contributed by atoms with Gasteiger partial charge in [0.15, 0.2) is 5.78 Å². The summed E-state index contributed by atoms with van der Waals surface area (Å²) >= 11 is 2.99. The third kappa shape index (κ3) is 1.74. The van der Waals surface area contributed by atoms with E-state index in [1.54, 1.807) is 0 Å². The second-order valence-corrected chi connectivity index (χ2v) is 3.47. The molecule has 14 heavy (non-hydrogen) atoms. The number of ketones is 1. The summed E-state index contributed by atoms with van der Waals surface area (Å²) in [7, 11) is 0. The van der Waals surface area contributed by atoms with Crippen LogP contribution in [0.2, 0.25) is 0 Å². The standard InChI is InChI=1S/C8H7BrN2O3/c1-4(12)5-2-3-6(10)8(7(5)9)11(13)14/h2-3H,10H2,1H3. The monoisotopic (exact) mass is 258 g/mol. The maximum absolute atomic E-state index is 11.1. The molecule has 0 saturated carbocycles. The molecule has 1 rings (SSSR count). The Balaban J connectivity index is 3.49. The number of nitrogens with zero attached hydrogens (tertiary/aromatic N) is 1. The van der Waals surface area contributed by atoms with Crippen molar-refractivity contribution in [1.82, 2.24) is 0 Å². The van der Waals surface area contributed by atoms with Crippen LogP contribution in [-0.4, -0.2) is 10.7 Å². The van der Waals surface area contributed by atoms with Crippen molar-refractivity contribution in [3.8, 4) is 0 Å². The minimum Gasteiger partial charge on any atom is -0.393 e. The fourth-order valence-electron chi connectivity index (χ4n) is 1.04. The molecular formula is C8H7BrN2O3. The summed E-state index contributed by atoms with van der Waals surface area (Å²) in [6.45, 7) is 1.33. The number of Topliss-reactive ketones (excluding diaryl/α,β-unsaturated/α-hetero) is 1. The van der Waals surface area contributed by atoms with Crippen LogP contribution in [0.3, 0.4) is 0 Å². The van der Waals surface area contributed by atoms with E-state index < -0.39 is 4.92 Å². The summed E-state index contributed by atoms with van der Waals surface area (Å²) in [5.74, 6) is -0.250. The zero-order valence-corrected chi connectivity index (χ0v) is 8.87. The fourth-order valence-corrected chi connectivity index (χ4v) is 1.82. The van der Waals surface area contributed by atoms with Gasteiger partial charge in [-0.05, 0) is 35.0 Å². The third-order valence-corrected chi connectivity index (χ3v) is 2.51. The smallest absolute Gasteiger partial charge is 0.306 e. The van der Waals surface area contributed by atoms with Crippen molar-refractivity contribution < 1.29 is 9.72 Å². The van der Waals surface area contributed by atoms with Crippen LogP contribution in [0.5, 0.6) is 0 Å². The summed E-state index contributed by atoms with van der Waals surface area (Å²) in [4.78, 5) is 21.0. The molecule has 0 radical (unpaired) electrons. The van der Waals surface area contributed by atoms with Crippen LogP contribution in [-0.2, 0) is 0 Å². The van der Waals surface area contributed by atoms with Crippen molar-refractivity contribution in [3.63, 3.8) is 0 Å². The number of nitro benzene ring substituents is 1. The second-order valence-electron chi connectivity index (χ2n) is 2.68. The highest BCUT2D eigenvalue weighted by Crippen LogP contribution is 2.33. The van der Waals surface area contributed by atoms with Crippen LogP contribution in [0.1, 0.15) is 17.3 Å². The van der Waals surface area contributed by atoms with Crippen LogP contribution in [0, 0.1) is 10.1 Å².